The Morgan fingerprint density at radius 1 is 1.42 bits per heavy atom. The summed E-state index contributed by atoms with van der Waals surface area (Å²) in [6.07, 6.45) is 1.67. The molecular weight excluding hydrogens is 398 g/mol. The van der Waals surface area contributed by atoms with Crippen LogP contribution in [-0.2, 0) is 4.79 Å². The summed E-state index contributed by atoms with van der Waals surface area (Å²) in [6, 6.07) is 8.99. The topological polar surface area (TPSA) is 68.1 Å². The van der Waals surface area contributed by atoms with E-state index in [-0.39, 0.29) is 0 Å². The van der Waals surface area contributed by atoms with Gasteiger partial charge in [0, 0.05) is 11.2 Å². The van der Waals surface area contributed by atoms with Gasteiger partial charge >= 0.3 is 5.97 Å². The fraction of sp³-hybridized carbons (Fsp3) is 0.176. The smallest absolute Gasteiger partial charge is 0.341 e. The number of halogens is 2. The molecular formula is C17H15BrClNO4. The Kier molecular flexibility index (Phi) is 6.23. The summed E-state index contributed by atoms with van der Waals surface area (Å²) in [5.41, 5.74) is 2.42. The highest BCUT2D eigenvalue weighted by Crippen LogP contribution is 2.36. The van der Waals surface area contributed by atoms with Crippen LogP contribution in [0.4, 0.5) is 5.69 Å². The van der Waals surface area contributed by atoms with Crippen LogP contribution in [0.15, 0.2) is 39.8 Å². The fourth-order valence-corrected chi connectivity index (χ4v) is 2.71. The van der Waals surface area contributed by atoms with Crippen molar-refractivity contribution in [2.24, 2.45) is 4.99 Å². The largest absolute Gasteiger partial charge is 0.493 e. The molecule has 24 heavy (non-hydrogen) atoms. The van der Waals surface area contributed by atoms with E-state index < -0.39 is 12.6 Å². The van der Waals surface area contributed by atoms with Gasteiger partial charge in [-0.25, -0.2) is 4.79 Å². The second-order valence-corrected chi connectivity index (χ2v) is 6.12. The van der Waals surface area contributed by atoms with Crippen molar-refractivity contribution < 1.29 is 19.4 Å². The Morgan fingerprint density at radius 3 is 2.83 bits per heavy atom. The number of carboxylic acid groups (broad SMARTS) is 1. The molecule has 126 valence electrons. The number of aliphatic imine (C=N–C) groups is 1. The van der Waals surface area contributed by atoms with E-state index in [1.807, 2.05) is 25.1 Å². The van der Waals surface area contributed by atoms with Gasteiger partial charge in [0.25, 0.3) is 0 Å². The predicted molar refractivity (Wildman–Crippen MR) is 97.3 cm³/mol. The minimum atomic E-state index is -1.06. The number of carboxylic acids is 1. The summed E-state index contributed by atoms with van der Waals surface area (Å²) in [4.78, 5) is 15.1. The van der Waals surface area contributed by atoms with E-state index in [1.165, 1.54) is 7.11 Å². The van der Waals surface area contributed by atoms with E-state index in [0.717, 1.165) is 16.8 Å². The quantitative estimate of drug-likeness (QED) is 0.702. The van der Waals surface area contributed by atoms with E-state index >= 15 is 0 Å². The monoisotopic (exact) mass is 411 g/mol. The third-order valence-electron chi connectivity index (χ3n) is 3.18. The molecule has 1 N–H and O–H groups in total. The summed E-state index contributed by atoms with van der Waals surface area (Å²) >= 11 is 9.44. The molecule has 0 fully saturated rings. The standard InChI is InChI=1S/C17H15BrClNO4/c1-10-13(19)4-3-5-14(10)20-8-11-6-12(18)17(15(7-11)23-2)24-9-16(21)22/h3-8H,9H2,1-2H3,(H,21,22). The van der Waals surface area contributed by atoms with Crippen molar-refractivity contribution in [3.8, 4) is 11.5 Å². The van der Waals surface area contributed by atoms with Crippen molar-refractivity contribution in [3.05, 3.63) is 51.0 Å². The zero-order valence-electron chi connectivity index (χ0n) is 13.0. The van der Waals surface area contributed by atoms with E-state index in [0.29, 0.717) is 21.0 Å². The molecule has 0 bridgehead atoms. The molecule has 2 aromatic carbocycles. The van der Waals surface area contributed by atoms with Gasteiger partial charge in [0.2, 0.25) is 0 Å². The van der Waals surface area contributed by atoms with Crippen LogP contribution in [0.5, 0.6) is 11.5 Å². The van der Waals surface area contributed by atoms with Crippen molar-refractivity contribution in [2.45, 2.75) is 6.92 Å². The lowest BCUT2D eigenvalue weighted by Gasteiger charge is -2.12. The number of hydrogen-bond donors (Lipinski definition) is 1. The summed E-state index contributed by atoms with van der Waals surface area (Å²) in [7, 11) is 1.48. The Bertz CT molecular complexity index is 792. The molecule has 0 aliphatic carbocycles. The van der Waals surface area contributed by atoms with E-state index in [4.69, 9.17) is 26.2 Å². The highest BCUT2D eigenvalue weighted by Gasteiger charge is 2.12. The molecule has 0 amide bonds. The Balaban J connectivity index is 2.31. The van der Waals surface area contributed by atoms with Crippen LogP contribution in [0.25, 0.3) is 0 Å². The number of nitrogens with zero attached hydrogens (tertiary/aromatic N) is 1. The van der Waals surface area contributed by atoms with E-state index in [9.17, 15) is 4.79 Å². The minimum Gasteiger partial charge on any atom is -0.493 e. The van der Waals surface area contributed by atoms with Gasteiger partial charge in [0.05, 0.1) is 17.3 Å². The lowest BCUT2D eigenvalue weighted by molar-refractivity contribution is -0.139. The zero-order chi connectivity index (χ0) is 17.7. The van der Waals surface area contributed by atoms with Gasteiger partial charge in [-0.3, -0.25) is 4.99 Å². The molecule has 0 saturated carbocycles. The van der Waals surface area contributed by atoms with Gasteiger partial charge in [-0.05, 0) is 58.2 Å². The van der Waals surface area contributed by atoms with Crippen LogP contribution in [0.3, 0.4) is 0 Å². The third-order valence-corrected chi connectivity index (χ3v) is 4.18. The molecule has 0 unspecified atom stereocenters. The number of rotatable bonds is 6. The zero-order valence-corrected chi connectivity index (χ0v) is 15.4. The average Bonchev–Trinajstić information content (AvgIpc) is 2.54. The predicted octanol–water partition coefficient (Wildman–Crippen LogP) is 4.63. The van der Waals surface area contributed by atoms with Gasteiger partial charge in [-0.15, -0.1) is 0 Å². The lowest BCUT2D eigenvalue weighted by atomic mass is 10.2. The van der Waals surface area contributed by atoms with Gasteiger partial charge in [-0.2, -0.15) is 0 Å². The van der Waals surface area contributed by atoms with Crippen LogP contribution < -0.4 is 9.47 Å². The fourth-order valence-electron chi connectivity index (χ4n) is 1.97. The van der Waals surface area contributed by atoms with Crippen LogP contribution in [0.2, 0.25) is 5.02 Å². The minimum absolute atomic E-state index is 0.330. The van der Waals surface area contributed by atoms with Crippen LogP contribution in [0.1, 0.15) is 11.1 Å². The first-order valence-corrected chi connectivity index (χ1v) is 8.10. The molecule has 0 aromatic heterocycles. The van der Waals surface area contributed by atoms with Crippen LogP contribution in [-0.4, -0.2) is 31.0 Å². The molecule has 0 aliphatic heterocycles. The summed E-state index contributed by atoms with van der Waals surface area (Å²) in [5.74, 6) is -0.322. The Labute approximate surface area is 153 Å². The van der Waals surface area contributed by atoms with Gasteiger partial charge in [-0.1, -0.05) is 17.7 Å². The second kappa shape index (κ2) is 8.17. The molecule has 0 spiro atoms. The lowest BCUT2D eigenvalue weighted by Crippen LogP contribution is -2.10. The highest BCUT2D eigenvalue weighted by atomic mass is 79.9. The Hall–Kier alpha value is -2.05. The molecule has 2 rings (SSSR count). The van der Waals surface area contributed by atoms with Crippen molar-refractivity contribution in [1.82, 2.24) is 0 Å². The molecule has 0 radical (unpaired) electrons. The van der Waals surface area contributed by atoms with E-state index in [2.05, 4.69) is 20.9 Å². The number of hydrogen-bond acceptors (Lipinski definition) is 4. The third kappa shape index (κ3) is 4.49. The number of ether oxygens (including phenoxy) is 2. The molecule has 0 heterocycles. The first-order chi connectivity index (χ1) is 11.4. The van der Waals surface area contributed by atoms with E-state index in [1.54, 1.807) is 18.3 Å². The molecule has 0 atom stereocenters. The van der Waals surface area contributed by atoms with Crippen molar-refractivity contribution >= 4 is 45.4 Å². The average molecular weight is 413 g/mol. The second-order valence-electron chi connectivity index (χ2n) is 4.86. The highest BCUT2D eigenvalue weighted by molar-refractivity contribution is 9.10. The van der Waals surface area contributed by atoms with Gasteiger partial charge in [0.15, 0.2) is 18.1 Å². The van der Waals surface area contributed by atoms with Crippen molar-refractivity contribution in [1.29, 1.82) is 0 Å². The number of benzene rings is 2. The normalized spacial score (nSPS) is 10.8. The Morgan fingerprint density at radius 2 is 2.17 bits per heavy atom. The number of aliphatic carboxylic acids is 1. The number of methoxy groups -OCH3 is 1. The maximum Gasteiger partial charge on any atom is 0.341 e. The molecule has 2 aromatic rings. The molecule has 0 aliphatic rings. The van der Waals surface area contributed by atoms with Crippen molar-refractivity contribution in [2.75, 3.05) is 13.7 Å². The summed E-state index contributed by atoms with van der Waals surface area (Å²) < 4.78 is 11.1. The SMILES string of the molecule is COc1cc(C=Nc2cccc(Cl)c2C)cc(Br)c1OCC(=O)O. The number of carbonyl (C=O) groups is 1. The van der Waals surface area contributed by atoms with Crippen LogP contribution in [0, 0.1) is 6.92 Å². The maximum atomic E-state index is 10.7. The molecule has 5 nitrogen and oxygen atoms in total. The molecule has 0 saturated heterocycles. The van der Waals surface area contributed by atoms with Gasteiger partial charge < -0.3 is 14.6 Å². The summed E-state index contributed by atoms with van der Waals surface area (Å²) in [6.45, 7) is 1.44. The van der Waals surface area contributed by atoms with Crippen molar-refractivity contribution in [3.63, 3.8) is 0 Å². The first-order valence-electron chi connectivity index (χ1n) is 6.93. The molecule has 7 heteroatoms. The van der Waals surface area contributed by atoms with Crippen LogP contribution >= 0.6 is 27.5 Å². The van der Waals surface area contributed by atoms with Gasteiger partial charge in [0.1, 0.15) is 0 Å². The first kappa shape index (κ1) is 18.3. The summed E-state index contributed by atoms with van der Waals surface area (Å²) in [5, 5.41) is 9.38. The maximum absolute atomic E-state index is 10.7.